The summed E-state index contributed by atoms with van der Waals surface area (Å²) < 4.78 is 48.2. The minimum atomic E-state index is -2.18. The first-order valence-electron chi connectivity index (χ1n) is 27.7. The van der Waals surface area contributed by atoms with Gasteiger partial charge in [-0.15, -0.1) is 0 Å². The highest BCUT2D eigenvalue weighted by Gasteiger charge is 2.74. The summed E-state index contributed by atoms with van der Waals surface area (Å²) in [5, 5.41) is 143. The maximum absolute atomic E-state index is 13.4. The first-order valence-corrected chi connectivity index (χ1v) is 27.7. The highest BCUT2D eigenvalue weighted by molar-refractivity contribution is 5.87. The Bertz CT molecular complexity index is 2290. The fourth-order valence-corrected chi connectivity index (χ4v) is 16.2. The summed E-state index contributed by atoms with van der Waals surface area (Å²) in [6.45, 7) is 14.1. The molecule has 450 valence electrons. The van der Waals surface area contributed by atoms with Crippen LogP contribution >= 0.6 is 0 Å². The van der Waals surface area contributed by atoms with Gasteiger partial charge in [-0.3, -0.25) is 4.79 Å². The third-order valence-corrected chi connectivity index (χ3v) is 21.1. The van der Waals surface area contributed by atoms with Crippen molar-refractivity contribution in [3.63, 3.8) is 0 Å². The van der Waals surface area contributed by atoms with Gasteiger partial charge < -0.3 is 104 Å². The van der Waals surface area contributed by atoms with Gasteiger partial charge in [0.1, 0.15) is 79.4 Å². The lowest BCUT2D eigenvalue weighted by Crippen LogP contribution is -2.72. The Balaban J connectivity index is 1.12. The van der Waals surface area contributed by atoms with Crippen molar-refractivity contribution >= 4 is 17.9 Å². The van der Waals surface area contributed by atoms with Gasteiger partial charge in [0.25, 0.3) is 0 Å². The highest BCUT2D eigenvalue weighted by atomic mass is 16.8. The second-order valence-electron chi connectivity index (χ2n) is 25.5. The topological polar surface area (TPSA) is 388 Å². The molecule has 0 bridgehead atoms. The van der Waals surface area contributed by atoms with E-state index < -0.39 is 199 Å². The quantitative estimate of drug-likeness (QED) is 0.0415. The molecule has 3 aliphatic heterocycles. The van der Waals surface area contributed by atoms with Crippen LogP contribution in [0.5, 0.6) is 0 Å². The molecule has 3 heterocycles. The number of hydrogen-bond acceptors (Lipinski definition) is 23. The Hall–Kier alpha value is -2.83. The Morgan fingerprint density at radius 3 is 1.76 bits per heavy atom. The highest BCUT2D eigenvalue weighted by Crippen LogP contribution is 2.76. The monoisotopic (exact) mass is 1130 g/mol. The van der Waals surface area contributed by atoms with Crippen molar-refractivity contribution in [3.8, 4) is 0 Å². The lowest BCUT2D eigenvalue weighted by atomic mass is 9.33. The van der Waals surface area contributed by atoms with Gasteiger partial charge in [-0.25, -0.2) is 9.59 Å². The molecule has 24 heteroatoms. The summed E-state index contributed by atoms with van der Waals surface area (Å²) in [4.78, 5) is 39.5. The maximum atomic E-state index is 13.4. The van der Waals surface area contributed by atoms with E-state index in [-0.39, 0.29) is 24.7 Å². The van der Waals surface area contributed by atoms with Gasteiger partial charge >= 0.3 is 17.9 Å². The average Bonchev–Trinajstić information content (AvgIpc) is 3.25. The van der Waals surface area contributed by atoms with Gasteiger partial charge in [-0.05, 0) is 92.8 Å². The number of carboxylic acids is 1. The Morgan fingerprint density at radius 1 is 0.658 bits per heavy atom. The second-order valence-corrected chi connectivity index (χ2v) is 25.5. The summed E-state index contributed by atoms with van der Waals surface area (Å²) in [7, 11) is 0. The third-order valence-electron chi connectivity index (χ3n) is 21.1. The van der Waals surface area contributed by atoms with Gasteiger partial charge in [0.05, 0.1) is 44.1 Å². The third kappa shape index (κ3) is 9.94. The fourth-order valence-electron chi connectivity index (χ4n) is 16.2. The zero-order chi connectivity index (χ0) is 58.4. The van der Waals surface area contributed by atoms with E-state index in [0.29, 0.717) is 37.7 Å². The number of carboxylic acid groups (broad SMARTS) is 1. The largest absolute Gasteiger partial charge is 0.479 e. The smallest absolute Gasteiger partial charge is 0.335 e. The molecule has 0 radical (unpaired) electrons. The van der Waals surface area contributed by atoms with E-state index in [4.69, 9.17) is 37.9 Å². The zero-order valence-electron chi connectivity index (χ0n) is 46.4. The standard InChI is InChI=1S/C55H86O24/c1-10-23(2)46(71)79-43-44(72-24(3)60)55(22-59)26(17-50(43,4)5)25-11-12-30-51(6)15-14-32(52(7,21-58)29(51)13-16-53(30,8)54(25,9)18-31(55)61)75-49-41(77-48-38(67)36(65)34(63)28(20-57)74-48)39(68)40(42(78-49)45(69)70)76-47-37(66)35(64)33(62)27(19-56)73-47/h10-11,26-44,47-49,56-59,61-68H,12-22H2,1-9H3,(H,69,70)/t26?,27-,28-,29?,30?,31-,32+,33-,34-,35+,36+,37-,38-,39+,40+,41-,42+,43+,44+,47+,48+,49-,51+,52-,53-,54-,55+/m1/s1. The molecule has 0 amide bonds. The van der Waals surface area contributed by atoms with E-state index in [9.17, 15) is 80.8 Å². The van der Waals surface area contributed by atoms with Gasteiger partial charge in [-0.2, -0.15) is 0 Å². The molecular weight excluding hydrogens is 1040 g/mol. The second kappa shape index (κ2) is 22.6. The van der Waals surface area contributed by atoms with Crippen LogP contribution in [0.4, 0.5) is 0 Å². The van der Waals surface area contributed by atoms with Crippen molar-refractivity contribution in [2.75, 3.05) is 26.4 Å². The van der Waals surface area contributed by atoms with E-state index in [1.807, 2.05) is 20.8 Å². The molecule has 13 N–H and O–H groups in total. The Kier molecular flexibility index (Phi) is 17.8. The number of carbonyl (C=O) groups is 3. The number of esters is 2. The van der Waals surface area contributed by atoms with Crippen LogP contribution in [0.3, 0.4) is 0 Å². The first-order chi connectivity index (χ1) is 36.9. The van der Waals surface area contributed by atoms with E-state index in [0.717, 1.165) is 5.57 Å². The molecular formula is C55H86O24. The molecule has 24 nitrogen and oxygen atoms in total. The number of carbonyl (C=O) groups excluding carboxylic acids is 2. The van der Waals surface area contributed by atoms with Crippen LogP contribution in [0.2, 0.25) is 0 Å². The molecule has 0 aromatic heterocycles. The Labute approximate surface area is 459 Å². The van der Waals surface area contributed by atoms with Crippen molar-refractivity contribution in [1.82, 2.24) is 0 Å². The molecule has 79 heavy (non-hydrogen) atoms. The predicted molar refractivity (Wildman–Crippen MR) is 269 cm³/mol. The number of aliphatic carboxylic acids is 1. The zero-order valence-corrected chi connectivity index (χ0v) is 46.4. The van der Waals surface area contributed by atoms with Crippen LogP contribution in [0.25, 0.3) is 0 Å². The van der Waals surface area contributed by atoms with E-state index in [2.05, 4.69) is 26.8 Å². The van der Waals surface area contributed by atoms with E-state index >= 15 is 0 Å². The lowest BCUT2D eigenvalue weighted by molar-refractivity contribution is -0.392. The molecule has 0 spiro atoms. The number of fused-ring (bicyclic) bond motifs is 7. The van der Waals surface area contributed by atoms with Crippen LogP contribution in [0.15, 0.2) is 23.3 Å². The van der Waals surface area contributed by atoms with Crippen molar-refractivity contribution in [1.29, 1.82) is 0 Å². The summed E-state index contributed by atoms with van der Waals surface area (Å²) in [5.74, 6) is -3.88. The number of allylic oxidation sites excluding steroid dienone is 3. The number of aliphatic hydroxyl groups excluding tert-OH is 12. The molecule has 4 saturated carbocycles. The number of rotatable bonds is 14. The van der Waals surface area contributed by atoms with E-state index in [1.165, 1.54) is 6.92 Å². The van der Waals surface area contributed by atoms with Gasteiger partial charge in [0.15, 0.2) is 25.0 Å². The van der Waals surface area contributed by atoms with Crippen LogP contribution in [0, 0.1) is 50.2 Å². The molecule has 3 saturated heterocycles. The molecule has 27 atom stereocenters. The normalized spacial score (nSPS) is 50.6. The predicted octanol–water partition coefficient (Wildman–Crippen LogP) is -1.32. The molecule has 0 aromatic rings. The molecule has 7 fully saturated rings. The average molecular weight is 1130 g/mol. The van der Waals surface area contributed by atoms with E-state index in [1.54, 1.807) is 19.9 Å². The molecule has 8 rings (SSSR count). The van der Waals surface area contributed by atoms with Crippen LogP contribution in [0.1, 0.15) is 107 Å². The van der Waals surface area contributed by atoms with Gasteiger partial charge in [0, 0.05) is 23.3 Å². The van der Waals surface area contributed by atoms with Crippen molar-refractivity contribution < 1.29 is 119 Å². The Morgan fingerprint density at radius 2 is 1.24 bits per heavy atom. The van der Waals surface area contributed by atoms with Crippen molar-refractivity contribution in [3.05, 3.63) is 23.3 Å². The number of ether oxygens (including phenoxy) is 8. The first kappa shape index (κ1) is 62.2. The van der Waals surface area contributed by atoms with Crippen LogP contribution < -0.4 is 0 Å². The van der Waals surface area contributed by atoms with Crippen molar-refractivity contribution in [2.24, 2.45) is 50.2 Å². The minimum Gasteiger partial charge on any atom is -0.479 e. The fraction of sp³-hybridized carbons (Fsp3) is 0.873. The summed E-state index contributed by atoms with van der Waals surface area (Å²) in [5.41, 5.74) is -3.78. The lowest BCUT2D eigenvalue weighted by Gasteiger charge is -2.72. The molecule has 8 aliphatic rings. The number of aliphatic hydroxyl groups is 12. The van der Waals surface area contributed by atoms with Crippen LogP contribution in [-0.2, 0) is 52.3 Å². The summed E-state index contributed by atoms with van der Waals surface area (Å²) in [6, 6.07) is 0. The van der Waals surface area contributed by atoms with Crippen molar-refractivity contribution in [2.45, 2.75) is 224 Å². The molecule has 5 aliphatic carbocycles. The molecule has 3 unspecified atom stereocenters. The van der Waals surface area contributed by atoms with Crippen LogP contribution in [-0.4, -0.2) is 227 Å². The minimum absolute atomic E-state index is 0.0849. The SMILES string of the molecule is CC=C(C)C(=O)O[C@H]1[C@H](OC(C)=O)[C@@]2(CO)C(CC1(C)C)C1=CCC3[C@@]4(C)CC[C@H](O[C@@H]5O[C@H](C(=O)O)[C@@H](O[C@@H]6O[C@H](CO)[C@@H](O)[C@H](O)[C@H]6O)[C@H](O)[C@H]5O[C@@H]5O[C@H](CO)[C@@H](O)[C@H](O)[C@H]5O)[C@](C)(CO)C4CC[C@@]3(C)[C@]1(C)C[C@H]2O. The van der Waals surface area contributed by atoms with Gasteiger partial charge in [-0.1, -0.05) is 59.3 Å². The summed E-state index contributed by atoms with van der Waals surface area (Å²) in [6.07, 6.45) is -26.5. The molecule has 0 aromatic carbocycles. The maximum Gasteiger partial charge on any atom is 0.335 e. The summed E-state index contributed by atoms with van der Waals surface area (Å²) >= 11 is 0. The van der Waals surface area contributed by atoms with Gasteiger partial charge in [0.2, 0.25) is 0 Å². The number of hydrogen-bond donors (Lipinski definition) is 13.